The topological polar surface area (TPSA) is 48.0 Å². The van der Waals surface area contributed by atoms with E-state index in [0.29, 0.717) is 0 Å². The number of Topliss-reactive ketones (excluding diaryl/α,β-unsaturated/α-hetero) is 1. The maximum atomic E-state index is 11.9. The Bertz CT molecular complexity index is 774. The first-order chi connectivity index (χ1) is 12.1. The summed E-state index contributed by atoms with van der Waals surface area (Å²) in [5.41, 5.74) is 1.95. The van der Waals surface area contributed by atoms with Crippen LogP contribution in [0.2, 0.25) is 0 Å². The van der Waals surface area contributed by atoms with Gasteiger partial charge in [-0.15, -0.1) is 0 Å². The van der Waals surface area contributed by atoms with Gasteiger partial charge in [0.25, 0.3) is 0 Å². The maximum absolute atomic E-state index is 11.9. The van der Waals surface area contributed by atoms with Crippen LogP contribution in [-0.2, 0) is 11.3 Å². The number of thiazole rings is 1. The molecular formula is C19H26N3O2S+. The smallest absolute Gasteiger partial charge is 0.190 e. The quantitative estimate of drug-likeness (QED) is 0.796. The van der Waals surface area contributed by atoms with Crippen molar-refractivity contribution in [3.63, 3.8) is 0 Å². The molecule has 1 aliphatic heterocycles. The second-order valence-electron chi connectivity index (χ2n) is 6.42. The Morgan fingerprint density at radius 1 is 1.28 bits per heavy atom. The van der Waals surface area contributed by atoms with Gasteiger partial charge in [-0.2, -0.15) is 0 Å². The van der Waals surface area contributed by atoms with Crippen molar-refractivity contribution < 1.29 is 14.4 Å². The highest BCUT2D eigenvalue weighted by atomic mass is 32.1. The number of ether oxygens (including phenoxy) is 1. The van der Waals surface area contributed by atoms with Crippen LogP contribution in [0.25, 0.3) is 0 Å². The van der Waals surface area contributed by atoms with Gasteiger partial charge >= 0.3 is 0 Å². The molecule has 1 fully saturated rings. The average Bonchev–Trinajstić information content (AvgIpc) is 2.93. The number of carbonyl (C=O) groups excluding carboxylic acids is 1. The van der Waals surface area contributed by atoms with Gasteiger partial charge in [0.15, 0.2) is 10.6 Å². The first-order valence-electron chi connectivity index (χ1n) is 8.87. The predicted molar refractivity (Wildman–Crippen MR) is 99.7 cm³/mol. The van der Waals surface area contributed by atoms with Crippen molar-refractivity contribution in [2.24, 2.45) is 4.99 Å². The van der Waals surface area contributed by atoms with Crippen LogP contribution in [-0.4, -0.2) is 43.2 Å². The van der Waals surface area contributed by atoms with Crippen molar-refractivity contribution in [1.29, 1.82) is 0 Å². The lowest BCUT2D eigenvalue weighted by Gasteiger charge is -2.23. The molecule has 1 N–H and O–H groups in total. The summed E-state index contributed by atoms with van der Waals surface area (Å²) >= 11 is 1.50. The van der Waals surface area contributed by atoms with Crippen LogP contribution >= 0.6 is 11.3 Å². The van der Waals surface area contributed by atoms with Crippen molar-refractivity contribution >= 4 is 22.8 Å². The van der Waals surface area contributed by atoms with Gasteiger partial charge in [-0.3, -0.25) is 4.79 Å². The number of rotatable bonds is 6. The van der Waals surface area contributed by atoms with Gasteiger partial charge in [-0.25, -0.2) is 4.99 Å². The number of hydrogen-bond donors (Lipinski definition) is 1. The van der Waals surface area contributed by atoms with Gasteiger partial charge < -0.3 is 14.2 Å². The molecule has 0 amide bonds. The molecule has 3 rings (SSSR count). The minimum absolute atomic E-state index is 0.115. The summed E-state index contributed by atoms with van der Waals surface area (Å²) in [5, 5.41) is 0. The molecule has 0 atom stereocenters. The van der Waals surface area contributed by atoms with Gasteiger partial charge in [0.2, 0.25) is 0 Å². The summed E-state index contributed by atoms with van der Waals surface area (Å²) in [7, 11) is 0. The number of benzene rings is 1. The third kappa shape index (κ3) is 4.66. The van der Waals surface area contributed by atoms with Gasteiger partial charge in [0, 0.05) is 25.6 Å². The van der Waals surface area contributed by atoms with E-state index in [0.717, 1.165) is 66.9 Å². The minimum atomic E-state index is 0.115. The molecule has 1 saturated heterocycles. The van der Waals surface area contributed by atoms with E-state index in [-0.39, 0.29) is 5.78 Å². The molecule has 0 bridgehead atoms. The number of para-hydroxylation sites is 1. The zero-order chi connectivity index (χ0) is 17.6. The minimum Gasteiger partial charge on any atom is -0.370 e. The Labute approximate surface area is 152 Å². The molecule has 0 radical (unpaired) electrons. The second kappa shape index (κ2) is 8.56. The van der Waals surface area contributed by atoms with Crippen molar-refractivity contribution in [2.75, 3.05) is 32.8 Å². The van der Waals surface area contributed by atoms with E-state index in [1.165, 1.54) is 11.3 Å². The van der Waals surface area contributed by atoms with E-state index >= 15 is 0 Å². The van der Waals surface area contributed by atoms with E-state index < -0.39 is 0 Å². The monoisotopic (exact) mass is 360 g/mol. The number of aromatic nitrogens is 1. The highest BCUT2D eigenvalue weighted by molar-refractivity contribution is 7.11. The van der Waals surface area contributed by atoms with Gasteiger partial charge in [0.1, 0.15) is 13.1 Å². The summed E-state index contributed by atoms with van der Waals surface area (Å²) in [6.07, 6.45) is 1.08. The van der Waals surface area contributed by atoms with Crippen molar-refractivity contribution in [1.82, 2.24) is 4.57 Å². The van der Waals surface area contributed by atoms with Crippen LogP contribution < -0.4 is 9.70 Å². The molecule has 6 heteroatoms. The highest BCUT2D eigenvalue weighted by Gasteiger charge is 2.16. The number of carbonyl (C=O) groups is 1. The largest absolute Gasteiger partial charge is 0.370 e. The molecule has 1 aromatic heterocycles. The Balaban J connectivity index is 1.81. The normalized spacial score (nSPS) is 16.3. The molecular weight excluding hydrogens is 334 g/mol. The van der Waals surface area contributed by atoms with Crippen LogP contribution in [0.5, 0.6) is 0 Å². The summed E-state index contributed by atoms with van der Waals surface area (Å²) in [6, 6.07) is 9.93. The number of hydrogen-bond acceptors (Lipinski definition) is 4. The Morgan fingerprint density at radius 3 is 2.68 bits per heavy atom. The first kappa shape index (κ1) is 18.0. The van der Waals surface area contributed by atoms with Crippen LogP contribution in [0, 0.1) is 6.92 Å². The lowest BCUT2D eigenvalue weighted by atomic mass is 10.3. The number of nitrogens with one attached hydrogen (secondary N) is 1. The summed E-state index contributed by atoms with van der Waals surface area (Å²) in [6.45, 7) is 9.59. The zero-order valence-corrected chi connectivity index (χ0v) is 15.8. The number of nitrogens with zero attached hydrogens (tertiary/aromatic N) is 2. The molecule has 134 valence electrons. The fourth-order valence-electron chi connectivity index (χ4n) is 3.17. The third-order valence-electron chi connectivity index (χ3n) is 4.57. The van der Waals surface area contributed by atoms with Gasteiger partial charge in [-0.05, 0) is 19.1 Å². The van der Waals surface area contributed by atoms with Crippen LogP contribution in [0.4, 0.5) is 5.69 Å². The lowest BCUT2D eigenvalue weighted by molar-refractivity contribution is -0.908. The Hall–Kier alpha value is -1.76. The predicted octanol–water partition coefficient (Wildman–Crippen LogP) is 1.60. The molecule has 5 nitrogen and oxygen atoms in total. The fraction of sp³-hybridized carbons (Fsp3) is 0.474. The van der Waals surface area contributed by atoms with Crippen LogP contribution in [0.1, 0.15) is 28.7 Å². The van der Waals surface area contributed by atoms with Gasteiger partial charge in [-0.1, -0.05) is 29.5 Å². The molecule has 25 heavy (non-hydrogen) atoms. The zero-order valence-electron chi connectivity index (χ0n) is 15.0. The van der Waals surface area contributed by atoms with Crippen LogP contribution in [0.15, 0.2) is 35.3 Å². The van der Waals surface area contributed by atoms with E-state index in [1.54, 1.807) is 11.8 Å². The van der Waals surface area contributed by atoms with Crippen molar-refractivity contribution in [3.8, 4) is 0 Å². The summed E-state index contributed by atoms with van der Waals surface area (Å²) in [4.78, 5) is 20.0. The molecule has 1 aromatic carbocycles. The summed E-state index contributed by atoms with van der Waals surface area (Å²) < 4.78 is 7.62. The Morgan fingerprint density at radius 2 is 2.00 bits per heavy atom. The molecule has 0 unspecified atom stereocenters. The molecule has 0 aliphatic carbocycles. The highest BCUT2D eigenvalue weighted by Crippen LogP contribution is 2.15. The van der Waals surface area contributed by atoms with E-state index in [1.807, 2.05) is 37.3 Å². The fourth-order valence-corrected chi connectivity index (χ4v) is 4.24. The second-order valence-corrected chi connectivity index (χ2v) is 7.40. The van der Waals surface area contributed by atoms with E-state index in [4.69, 9.17) is 9.73 Å². The Kier molecular flexibility index (Phi) is 6.18. The lowest BCUT2D eigenvalue weighted by Crippen LogP contribution is -3.14. The molecule has 2 aromatic rings. The summed E-state index contributed by atoms with van der Waals surface area (Å²) in [5.74, 6) is 0.115. The molecule has 2 heterocycles. The molecule has 1 aliphatic rings. The number of ketones is 1. The number of quaternary nitrogens is 1. The third-order valence-corrected chi connectivity index (χ3v) is 5.85. The molecule has 0 saturated carbocycles. The SMILES string of the molecule is CC(=O)c1sc(=Nc2ccccc2)n(CCC[NH+]2CCOCC2)c1C. The number of morpholine rings is 1. The van der Waals surface area contributed by atoms with E-state index in [9.17, 15) is 4.79 Å². The van der Waals surface area contributed by atoms with Gasteiger partial charge in [0.05, 0.1) is 30.3 Å². The van der Waals surface area contributed by atoms with Crippen LogP contribution in [0.3, 0.4) is 0 Å². The van der Waals surface area contributed by atoms with Crippen molar-refractivity contribution in [3.05, 3.63) is 45.7 Å². The van der Waals surface area contributed by atoms with Crippen molar-refractivity contribution in [2.45, 2.75) is 26.8 Å². The first-order valence-corrected chi connectivity index (χ1v) is 9.69. The standard InChI is InChI=1S/C19H25N3O2S/c1-15-18(16(2)23)25-19(20-17-7-4-3-5-8-17)22(15)10-6-9-21-11-13-24-14-12-21/h3-5,7-8H,6,9-14H2,1-2H3/p+1. The average molecular weight is 361 g/mol. The molecule has 0 spiro atoms. The maximum Gasteiger partial charge on any atom is 0.190 e. The van der Waals surface area contributed by atoms with E-state index in [2.05, 4.69) is 4.57 Å².